The molecular formula is C16H21NO2. The summed E-state index contributed by atoms with van der Waals surface area (Å²) in [7, 11) is 0. The van der Waals surface area contributed by atoms with Crippen LogP contribution in [-0.2, 0) is 0 Å². The van der Waals surface area contributed by atoms with Crippen LogP contribution in [-0.4, -0.2) is 24.2 Å². The molecule has 1 aromatic rings. The van der Waals surface area contributed by atoms with E-state index in [1.165, 1.54) is 0 Å². The first-order valence-electron chi connectivity index (χ1n) is 6.61. The van der Waals surface area contributed by atoms with Gasteiger partial charge in [0.2, 0.25) is 0 Å². The molecule has 19 heavy (non-hydrogen) atoms. The van der Waals surface area contributed by atoms with E-state index in [-0.39, 0.29) is 12.5 Å². The number of hydrogen-bond acceptors (Lipinski definition) is 2. The Labute approximate surface area is 115 Å². The topological polar surface area (TPSA) is 49.3 Å². The van der Waals surface area contributed by atoms with Gasteiger partial charge in [-0.05, 0) is 43.0 Å². The molecule has 0 aliphatic heterocycles. The molecular weight excluding hydrogens is 238 g/mol. The number of carbonyl (C=O) groups is 1. The molecule has 0 aromatic heterocycles. The molecule has 0 spiro atoms. The summed E-state index contributed by atoms with van der Waals surface area (Å²) < 4.78 is 0. The van der Waals surface area contributed by atoms with Crippen molar-refractivity contribution < 1.29 is 9.90 Å². The molecule has 0 saturated carbocycles. The first-order chi connectivity index (χ1) is 9.13. The molecule has 3 nitrogen and oxygen atoms in total. The Balaban J connectivity index is 2.44. The van der Waals surface area contributed by atoms with Crippen molar-refractivity contribution in [1.82, 2.24) is 5.32 Å². The SMILES string of the molecule is CC(C)CCCNC(=O)c1ccc(C#CCO)cc1. The maximum atomic E-state index is 11.8. The number of benzene rings is 1. The van der Waals surface area contributed by atoms with E-state index in [1.807, 2.05) is 0 Å². The summed E-state index contributed by atoms with van der Waals surface area (Å²) in [5.41, 5.74) is 1.43. The lowest BCUT2D eigenvalue weighted by molar-refractivity contribution is 0.0952. The van der Waals surface area contributed by atoms with Crippen LogP contribution in [0.5, 0.6) is 0 Å². The fourth-order valence-corrected chi connectivity index (χ4v) is 1.66. The maximum Gasteiger partial charge on any atom is 0.251 e. The van der Waals surface area contributed by atoms with E-state index in [0.29, 0.717) is 18.0 Å². The van der Waals surface area contributed by atoms with Crippen LogP contribution >= 0.6 is 0 Å². The zero-order valence-corrected chi connectivity index (χ0v) is 11.6. The summed E-state index contributed by atoms with van der Waals surface area (Å²) in [6.07, 6.45) is 2.12. The van der Waals surface area contributed by atoms with Crippen LogP contribution in [0.4, 0.5) is 0 Å². The van der Waals surface area contributed by atoms with Crippen molar-refractivity contribution in [3.05, 3.63) is 35.4 Å². The molecule has 2 N–H and O–H groups in total. The third kappa shape index (κ3) is 6.08. The van der Waals surface area contributed by atoms with Gasteiger partial charge in [0.1, 0.15) is 6.61 Å². The normalized spacial score (nSPS) is 9.89. The summed E-state index contributed by atoms with van der Waals surface area (Å²) in [6, 6.07) is 7.07. The van der Waals surface area contributed by atoms with Gasteiger partial charge >= 0.3 is 0 Å². The van der Waals surface area contributed by atoms with Gasteiger partial charge in [0.15, 0.2) is 0 Å². The zero-order chi connectivity index (χ0) is 14.1. The zero-order valence-electron chi connectivity index (χ0n) is 11.6. The van der Waals surface area contributed by atoms with Crippen molar-refractivity contribution in [3.63, 3.8) is 0 Å². The van der Waals surface area contributed by atoms with Crippen LogP contribution in [0.2, 0.25) is 0 Å². The Morgan fingerprint density at radius 3 is 2.58 bits per heavy atom. The number of amides is 1. The smallest absolute Gasteiger partial charge is 0.251 e. The molecule has 0 radical (unpaired) electrons. The fourth-order valence-electron chi connectivity index (χ4n) is 1.66. The molecule has 3 heteroatoms. The van der Waals surface area contributed by atoms with Gasteiger partial charge in [0, 0.05) is 17.7 Å². The lowest BCUT2D eigenvalue weighted by Crippen LogP contribution is -2.24. The summed E-state index contributed by atoms with van der Waals surface area (Å²) in [5.74, 6) is 5.98. The minimum Gasteiger partial charge on any atom is -0.384 e. The monoisotopic (exact) mass is 259 g/mol. The largest absolute Gasteiger partial charge is 0.384 e. The highest BCUT2D eigenvalue weighted by Crippen LogP contribution is 2.05. The summed E-state index contributed by atoms with van der Waals surface area (Å²) in [6.45, 7) is 4.91. The molecule has 0 bridgehead atoms. The highest BCUT2D eigenvalue weighted by molar-refractivity contribution is 5.94. The van der Waals surface area contributed by atoms with Crippen molar-refractivity contribution >= 4 is 5.91 Å². The van der Waals surface area contributed by atoms with E-state index in [1.54, 1.807) is 24.3 Å². The second-order valence-corrected chi connectivity index (χ2v) is 4.83. The van der Waals surface area contributed by atoms with Gasteiger partial charge in [0.05, 0.1) is 0 Å². The molecule has 0 heterocycles. The molecule has 0 aliphatic carbocycles. The number of hydrogen-bond donors (Lipinski definition) is 2. The average molecular weight is 259 g/mol. The van der Waals surface area contributed by atoms with Crippen LogP contribution in [0.15, 0.2) is 24.3 Å². The molecule has 0 aliphatic rings. The van der Waals surface area contributed by atoms with Crippen molar-refractivity contribution in [3.8, 4) is 11.8 Å². The van der Waals surface area contributed by atoms with Crippen molar-refractivity contribution in [2.75, 3.05) is 13.2 Å². The minimum atomic E-state index is -0.155. The number of aliphatic hydroxyl groups is 1. The maximum absolute atomic E-state index is 11.8. The third-order valence-corrected chi connectivity index (χ3v) is 2.70. The molecule has 1 amide bonds. The predicted molar refractivity (Wildman–Crippen MR) is 76.8 cm³/mol. The number of aliphatic hydroxyl groups excluding tert-OH is 1. The number of nitrogens with one attached hydrogen (secondary N) is 1. The summed E-state index contributed by atoms with van der Waals surface area (Å²) in [4.78, 5) is 11.8. The molecule has 1 rings (SSSR count). The standard InChI is InChI=1S/C16H21NO2/c1-13(2)5-3-11-17-16(19)15-9-7-14(8-10-15)6-4-12-18/h7-10,13,18H,3,5,11-12H2,1-2H3,(H,17,19). The highest BCUT2D eigenvalue weighted by Gasteiger charge is 2.04. The van der Waals surface area contributed by atoms with Crippen LogP contribution in [0.25, 0.3) is 0 Å². The second kappa shape index (κ2) is 8.34. The van der Waals surface area contributed by atoms with Crippen LogP contribution < -0.4 is 5.32 Å². The van der Waals surface area contributed by atoms with Gasteiger partial charge in [-0.3, -0.25) is 4.79 Å². The van der Waals surface area contributed by atoms with E-state index in [0.717, 1.165) is 18.4 Å². The van der Waals surface area contributed by atoms with Crippen LogP contribution in [0.1, 0.15) is 42.6 Å². The Bertz CT molecular complexity index is 452. The molecule has 1 aromatic carbocycles. The number of carbonyl (C=O) groups excluding carboxylic acids is 1. The van der Waals surface area contributed by atoms with Crippen molar-refractivity contribution in [1.29, 1.82) is 0 Å². The second-order valence-electron chi connectivity index (χ2n) is 4.83. The Morgan fingerprint density at radius 1 is 1.32 bits per heavy atom. The van der Waals surface area contributed by atoms with Gasteiger partial charge in [-0.25, -0.2) is 0 Å². The number of rotatable bonds is 5. The van der Waals surface area contributed by atoms with Gasteiger partial charge in [-0.1, -0.05) is 25.7 Å². The first kappa shape index (κ1) is 15.3. The Kier molecular flexibility index (Phi) is 6.70. The molecule has 0 atom stereocenters. The molecule has 0 saturated heterocycles. The fraction of sp³-hybridized carbons (Fsp3) is 0.438. The molecule has 0 fully saturated rings. The third-order valence-electron chi connectivity index (χ3n) is 2.70. The Hall–Kier alpha value is -1.79. The van der Waals surface area contributed by atoms with Gasteiger partial charge in [0.25, 0.3) is 5.91 Å². The van der Waals surface area contributed by atoms with Crippen LogP contribution in [0, 0.1) is 17.8 Å². The lowest BCUT2D eigenvalue weighted by atomic mass is 10.1. The van der Waals surface area contributed by atoms with E-state index < -0.39 is 0 Å². The average Bonchev–Trinajstić information content (AvgIpc) is 2.41. The highest BCUT2D eigenvalue weighted by atomic mass is 16.2. The van der Waals surface area contributed by atoms with Crippen molar-refractivity contribution in [2.45, 2.75) is 26.7 Å². The first-order valence-corrected chi connectivity index (χ1v) is 6.61. The van der Waals surface area contributed by atoms with E-state index in [4.69, 9.17) is 5.11 Å². The van der Waals surface area contributed by atoms with Gasteiger partial charge < -0.3 is 10.4 Å². The predicted octanol–water partition coefficient (Wildman–Crippen LogP) is 2.20. The van der Waals surface area contributed by atoms with E-state index in [9.17, 15) is 4.79 Å². The van der Waals surface area contributed by atoms with Gasteiger partial charge in [-0.2, -0.15) is 0 Å². The van der Waals surface area contributed by atoms with E-state index >= 15 is 0 Å². The van der Waals surface area contributed by atoms with E-state index in [2.05, 4.69) is 31.0 Å². The molecule has 0 unspecified atom stereocenters. The lowest BCUT2D eigenvalue weighted by Gasteiger charge is -2.06. The van der Waals surface area contributed by atoms with Crippen molar-refractivity contribution in [2.24, 2.45) is 5.92 Å². The summed E-state index contributed by atoms with van der Waals surface area (Å²) in [5, 5.41) is 11.5. The minimum absolute atomic E-state index is 0.0505. The Morgan fingerprint density at radius 2 is 2.00 bits per heavy atom. The van der Waals surface area contributed by atoms with Crippen LogP contribution in [0.3, 0.4) is 0 Å². The summed E-state index contributed by atoms with van der Waals surface area (Å²) >= 11 is 0. The quantitative estimate of drug-likeness (QED) is 0.629. The molecule has 102 valence electrons. The van der Waals surface area contributed by atoms with Gasteiger partial charge in [-0.15, -0.1) is 0 Å².